The first-order valence-corrected chi connectivity index (χ1v) is 7.00. The average molecular weight is 298 g/mol. The molecule has 0 saturated heterocycles. The molecule has 0 fully saturated rings. The maximum absolute atomic E-state index is 13.4. The van der Waals surface area contributed by atoms with Crippen LogP contribution in [0.2, 0.25) is 0 Å². The van der Waals surface area contributed by atoms with E-state index in [1.807, 2.05) is 18.2 Å². The van der Waals surface area contributed by atoms with E-state index in [1.165, 1.54) is 30.1 Å². The van der Waals surface area contributed by atoms with Gasteiger partial charge >= 0.3 is 0 Å². The fourth-order valence-corrected chi connectivity index (χ4v) is 2.77. The van der Waals surface area contributed by atoms with Crippen LogP contribution < -0.4 is 10.2 Å². The quantitative estimate of drug-likeness (QED) is 0.923. The lowest BCUT2D eigenvalue weighted by Crippen LogP contribution is -2.47. The summed E-state index contributed by atoms with van der Waals surface area (Å²) in [6, 6.07) is 12.3. The summed E-state index contributed by atoms with van der Waals surface area (Å²) >= 11 is 0. The van der Waals surface area contributed by atoms with E-state index >= 15 is 0 Å². The van der Waals surface area contributed by atoms with Gasteiger partial charge in [0, 0.05) is 24.7 Å². The van der Waals surface area contributed by atoms with Crippen molar-refractivity contribution in [1.29, 1.82) is 0 Å². The number of hydrogen-bond acceptors (Lipinski definition) is 2. The third kappa shape index (κ3) is 2.35. The maximum Gasteiger partial charge on any atom is 0.259 e. The molecule has 1 heterocycles. The first-order valence-electron chi connectivity index (χ1n) is 7.00. The van der Waals surface area contributed by atoms with E-state index in [4.69, 9.17) is 0 Å². The fourth-order valence-electron chi connectivity index (χ4n) is 2.77. The van der Waals surface area contributed by atoms with Crippen molar-refractivity contribution < 1.29 is 14.0 Å². The van der Waals surface area contributed by atoms with E-state index in [-0.39, 0.29) is 17.4 Å². The Morgan fingerprint density at radius 3 is 2.68 bits per heavy atom. The second-order valence-corrected chi connectivity index (χ2v) is 5.15. The van der Waals surface area contributed by atoms with Gasteiger partial charge < -0.3 is 5.32 Å². The average Bonchev–Trinajstić information content (AvgIpc) is 2.92. The standard InChI is InChI=1S/C17H15FN2O2/c1-19-16(21)15-10-11-5-2-3-8-14(11)20(15)17(22)12-6-4-7-13(18)9-12/h2-9,15H,10H2,1H3,(H,19,21). The number of likely N-dealkylation sites (N-methyl/N-ethyl adjacent to an activating group) is 1. The summed E-state index contributed by atoms with van der Waals surface area (Å²) in [5.41, 5.74) is 1.86. The number of para-hydroxylation sites is 1. The number of carbonyl (C=O) groups is 2. The SMILES string of the molecule is CNC(=O)C1Cc2ccccc2N1C(=O)c1cccc(F)c1. The second-order valence-electron chi connectivity index (χ2n) is 5.15. The van der Waals surface area contributed by atoms with Crippen LogP contribution in [-0.4, -0.2) is 24.9 Å². The van der Waals surface area contributed by atoms with Crippen LogP contribution in [0.3, 0.4) is 0 Å². The summed E-state index contributed by atoms with van der Waals surface area (Å²) in [5.74, 6) is -1.09. The van der Waals surface area contributed by atoms with E-state index in [0.717, 1.165) is 5.56 Å². The minimum atomic E-state index is -0.613. The summed E-state index contributed by atoms with van der Waals surface area (Å²) < 4.78 is 13.4. The number of rotatable bonds is 2. The van der Waals surface area contributed by atoms with Crippen molar-refractivity contribution in [3.63, 3.8) is 0 Å². The molecule has 2 amide bonds. The Morgan fingerprint density at radius 2 is 1.95 bits per heavy atom. The molecule has 112 valence electrons. The third-order valence-corrected chi connectivity index (χ3v) is 3.82. The normalized spacial score (nSPS) is 16.3. The molecular weight excluding hydrogens is 283 g/mol. The molecule has 1 aliphatic rings. The molecule has 1 unspecified atom stereocenters. The number of carbonyl (C=O) groups excluding carboxylic acids is 2. The van der Waals surface area contributed by atoms with E-state index in [0.29, 0.717) is 12.1 Å². The van der Waals surface area contributed by atoms with E-state index in [9.17, 15) is 14.0 Å². The molecule has 0 bridgehead atoms. The van der Waals surface area contributed by atoms with Crippen LogP contribution in [0, 0.1) is 5.82 Å². The number of hydrogen-bond donors (Lipinski definition) is 1. The lowest BCUT2D eigenvalue weighted by Gasteiger charge is -2.24. The predicted molar refractivity (Wildman–Crippen MR) is 81.2 cm³/mol. The van der Waals surface area contributed by atoms with Gasteiger partial charge in [-0.25, -0.2) is 4.39 Å². The molecule has 1 aliphatic heterocycles. The van der Waals surface area contributed by atoms with Gasteiger partial charge in [0.25, 0.3) is 5.91 Å². The molecule has 5 heteroatoms. The molecule has 0 aliphatic carbocycles. The van der Waals surface area contributed by atoms with Crippen LogP contribution in [0.25, 0.3) is 0 Å². The van der Waals surface area contributed by atoms with E-state index < -0.39 is 11.9 Å². The van der Waals surface area contributed by atoms with Gasteiger partial charge in [0.2, 0.25) is 5.91 Å². The molecule has 4 nitrogen and oxygen atoms in total. The molecule has 22 heavy (non-hydrogen) atoms. The van der Waals surface area contributed by atoms with Crippen molar-refractivity contribution in [2.75, 3.05) is 11.9 Å². The summed E-state index contributed by atoms with van der Waals surface area (Å²) in [6.45, 7) is 0. The van der Waals surface area contributed by atoms with Crippen LogP contribution in [0.15, 0.2) is 48.5 Å². The molecule has 0 radical (unpaired) electrons. The molecular formula is C17H15FN2O2. The van der Waals surface area contributed by atoms with Gasteiger partial charge in [0.15, 0.2) is 0 Å². The molecule has 0 aromatic heterocycles. The van der Waals surface area contributed by atoms with Gasteiger partial charge in [-0.15, -0.1) is 0 Å². The van der Waals surface area contributed by atoms with Gasteiger partial charge in [-0.2, -0.15) is 0 Å². The fraction of sp³-hybridized carbons (Fsp3) is 0.176. The second kappa shape index (κ2) is 5.60. The van der Waals surface area contributed by atoms with Crippen molar-refractivity contribution in [1.82, 2.24) is 5.32 Å². The molecule has 0 saturated carbocycles. The van der Waals surface area contributed by atoms with Gasteiger partial charge in [-0.3, -0.25) is 14.5 Å². The van der Waals surface area contributed by atoms with E-state index in [2.05, 4.69) is 5.32 Å². The molecule has 3 rings (SSSR count). The Labute approximate surface area is 127 Å². The molecule has 1 atom stereocenters. The monoisotopic (exact) mass is 298 g/mol. The number of benzene rings is 2. The maximum atomic E-state index is 13.4. The van der Waals surface area contributed by atoms with Crippen molar-refractivity contribution >= 4 is 17.5 Å². The van der Waals surface area contributed by atoms with Crippen molar-refractivity contribution in [2.24, 2.45) is 0 Å². The Kier molecular flexibility index (Phi) is 3.63. The predicted octanol–water partition coefficient (Wildman–Crippen LogP) is 2.14. The lowest BCUT2D eigenvalue weighted by molar-refractivity contribution is -0.121. The Balaban J connectivity index is 2.04. The highest BCUT2D eigenvalue weighted by Crippen LogP contribution is 2.33. The lowest BCUT2D eigenvalue weighted by atomic mass is 10.1. The van der Waals surface area contributed by atoms with E-state index in [1.54, 1.807) is 12.1 Å². The summed E-state index contributed by atoms with van der Waals surface area (Å²) in [6.07, 6.45) is 0.455. The van der Waals surface area contributed by atoms with Crippen LogP contribution in [-0.2, 0) is 11.2 Å². The number of halogens is 1. The van der Waals surface area contributed by atoms with Gasteiger partial charge in [0.05, 0.1) is 0 Å². The first kappa shape index (κ1) is 14.3. The number of nitrogens with zero attached hydrogens (tertiary/aromatic N) is 1. The van der Waals surface area contributed by atoms with Gasteiger partial charge in [0.1, 0.15) is 11.9 Å². The largest absolute Gasteiger partial charge is 0.357 e. The zero-order valence-corrected chi connectivity index (χ0v) is 12.0. The Hall–Kier alpha value is -2.69. The molecule has 2 aromatic carbocycles. The topological polar surface area (TPSA) is 49.4 Å². The highest BCUT2D eigenvalue weighted by Gasteiger charge is 2.38. The van der Waals surface area contributed by atoms with Crippen molar-refractivity contribution in [2.45, 2.75) is 12.5 Å². The minimum absolute atomic E-state index is 0.227. The van der Waals surface area contributed by atoms with Crippen LogP contribution in [0.1, 0.15) is 15.9 Å². The van der Waals surface area contributed by atoms with Crippen molar-refractivity contribution in [3.05, 3.63) is 65.5 Å². The smallest absolute Gasteiger partial charge is 0.259 e. The summed E-state index contributed by atoms with van der Waals surface area (Å²) in [5, 5.41) is 2.58. The Morgan fingerprint density at radius 1 is 1.18 bits per heavy atom. The highest BCUT2D eigenvalue weighted by molar-refractivity contribution is 6.11. The van der Waals surface area contributed by atoms with Crippen molar-refractivity contribution in [3.8, 4) is 0 Å². The molecule has 1 N–H and O–H groups in total. The molecule has 0 spiro atoms. The Bertz CT molecular complexity index is 745. The highest BCUT2D eigenvalue weighted by atomic mass is 19.1. The number of fused-ring (bicyclic) bond motifs is 1. The van der Waals surface area contributed by atoms with Crippen LogP contribution in [0.5, 0.6) is 0 Å². The molecule has 2 aromatic rings. The number of anilines is 1. The minimum Gasteiger partial charge on any atom is -0.357 e. The number of amides is 2. The zero-order chi connectivity index (χ0) is 15.7. The summed E-state index contributed by atoms with van der Waals surface area (Å²) in [7, 11) is 1.54. The van der Waals surface area contributed by atoms with Crippen LogP contribution >= 0.6 is 0 Å². The zero-order valence-electron chi connectivity index (χ0n) is 12.0. The third-order valence-electron chi connectivity index (χ3n) is 3.82. The number of nitrogens with one attached hydrogen (secondary N) is 1. The van der Waals surface area contributed by atoms with Crippen LogP contribution in [0.4, 0.5) is 10.1 Å². The van der Waals surface area contributed by atoms with Gasteiger partial charge in [-0.1, -0.05) is 24.3 Å². The van der Waals surface area contributed by atoms with Gasteiger partial charge in [-0.05, 0) is 29.8 Å². The first-order chi connectivity index (χ1) is 10.6. The summed E-state index contributed by atoms with van der Waals surface area (Å²) in [4.78, 5) is 26.3.